The largest absolute Gasteiger partial charge is 0.268 e. The van der Waals surface area contributed by atoms with Gasteiger partial charge in [0.1, 0.15) is 0 Å². The van der Waals surface area contributed by atoms with E-state index in [4.69, 9.17) is 4.98 Å². The lowest BCUT2D eigenvalue weighted by molar-refractivity contribution is 0.929. The number of hydrogen-bond donors (Lipinski definition) is 0. The smallest absolute Gasteiger partial charge is 0.267 e. The van der Waals surface area contributed by atoms with Gasteiger partial charge in [-0.3, -0.25) is 9.20 Å². The molecule has 3 aromatic heterocycles. The van der Waals surface area contributed by atoms with Crippen LogP contribution in [0, 0.1) is 6.92 Å². The van der Waals surface area contributed by atoms with Gasteiger partial charge >= 0.3 is 0 Å². The number of nitrogens with zero attached hydrogens (tertiary/aromatic N) is 5. The minimum atomic E-state index is -0.104. The predicted octanol–water partition coefficient (Wildman–Crippen LogP) is 5.68. The lowest BCUT2D eigenvalue weighted by Crippen LogP contribution is -2.21. The molecule has 0 bridgehead atoms. The number of aryl methyl sites for hydroxylation is 1. The van der Waals surface area contributed by atoms with Crippen LogP contribution in [0.4, 0.5) is 0 Å². The highest BCUT2D eigenvalue weighted by Crippen LogP contribution is 2.27. The maximum absolute atomic E-state index is 13.5. The minimum absolute atomic E-state index is 0.104. The van der Waals surface area contributed by atoms with E-state index in [1.807, 2.05) is 65.9 Å². The zero-order chi connectivity index (χ0) is 23.8. The summed E-state index contributed by atoms with van der Waals surface area (Å²) in [4.78, 5) is 18.3. The van der Waals surface area contributed by atoms with Gasteiger partial charge in [-0.1, -0.05) is 66.4 Å². The third-order valence-electron chi connectivity index (χ3n) is 5.80. The molecule has 0 atom stereocenters. The van der Waals surface area contributed by atoms with Crippen LogP contribution in [-0.2, 0) is 12.2 Å². The van der Waals surface area contributed by atoms with Gasteiger partial charge in [-0.05, 0) is 42.3 Å². The van der Waals surface area contributed by atoms with E-state index in [0.717, 1.165) is 39.0 Å². The van der Waals surface area contributed by atoms with Gasteiger partial charge in [0.05, 0.1) is 27.3 Å². The molecular formula is C27H21N5OS2. The molecular weight excluding hydrogens is 474 g/mol. The summed E-state index contributed by atoms with van der Waals surface area (Å²) in [5, 5.41) is 13.5. The van der Waals surface area contributed by atoms with Gasteiger partial charge < -0.3 is 0 Å². The van der Waals surface area contributed by atoms with E-state index in [-0.39, 0.29) is 5.56 Å². The van der Waals surface area contributed by atoms with Crippen molar-refractivity contribution in [2.45, 2.75) is 24.3 Å². The van der Waals surface area contributed by atoms with Crippen LogP contribution < -0.4 is 5.56 Å². The number of thiazole rings is 1. The van der Waals surface area contributed by atoms with Crippen LogP contribution >= 0.6 is 23.1 Å². The Morgan fingerprint density at radius 2 is 1.77 bits per heavy atom. The first-order valence-corrected chi connectivity index (χ1v) is 13.1. The van der Waals surface area contributed by atoms with Crippen molar-refractivity contribution in [3.63, 3.8) is 0 Å². The Bertz CT molecular complexity index is 1720. The fraction of sp³-hybridized carbons (Fsp3) is 0.111. The molecule has 6 nitrogen and oxygen atoms in total. The van der Waals surface area contributed by atoms with E-state index in [0.29, 0.717) is 16.9 Å². The van der Waals surface area contributed by atoms with E-state index in [2.05, 4.69) is 39.8 Å². The normalized spacial score (nSPS) is 11.5. The molecule has 0 saturated carbocycles. The quantitative estimate of drug-likeness (QED) is 0.278. The second-order valence-electron chi connectivity index (χ2n) is 8.30. The monoisotopic (exact) mass is 495 g/mol. The van der Waals surface area contributed by atoms with Crippen molar-refractivity contribution < 1.29 is 0 Å². The molecule has 0 spiro atoms. The molecule has 0 saturated heterocycles. The van der Waals surface area contributed by atoms with Gasteiger partial charge in [-0.2, -0.15) is 0 Å². The second kappa shape index (κ2) is 9.13. The van der Waals surface area contributed by atoms with Crippen LogP contribution in [-0.4, -0.2) is 24.1 Å². The molecule has 0 amide bonds. The highest BCUT2D eigenvalue weighted by Gasteiger charge is 2.18. The molecule has 6 aromatic rings. The van der Waals surface area contributed by atoms with Gasteiger partial charge in [0.15, 0.2) is 5.16 Å². The molecule has 3 heterocycles. The molecule has 172 valence electrons. The van der Waals surface area contributed by atoms with E-state index < -0.39 is 0 Å². The van der Waals surface area contributed by atoms with Crippen molar-refractivity contribution in [3.8, 4) is 5.69 Å². The Morgan fingerprint density at radius 1 is 0.943 bits per heavy atom. The number of fused-ring (bicyclic) bond motifs is 3. The Morgan fingerprint density at radius 3 is 2.63 bits per heavy atom. The number of aromatic nitrogens is 5. The third-order valence-corrected chi connectivity index (χ3v) is 7.66. The van der Waals surface area contributed by atoms with Crippen molar-refractivity contribution in [2.24, 2.45) is 0 Å². The summed E-state index contributed by atoms with van der Waals surface area (Å²) in [5.74, 6) is 1.18. The van der Waals surface area contributed by atoms with Crippen molar-refractivity contribution in [2.75, 3.05) is 0 Å². The molecule has 3 aromatic carbocycles. The van der Waals surface area contributed by atoms with E-state index in [9.17, 15) is 4.79 Å². The van der Waals surface area contributed by atoms with Crippen molar-refractivity contribution >= 4 is 39.8 Å². The Balaban J connectivity index is 1.37. The van der Waals surface area contributed by atoms with Gasteiger partial charge in [0, 0.05) is 17.6 Å². The molecule has 0 radical (unpaired) electrons. The molecule has 0 aliphatic heterocycles. The van der Waals surface area contributed by atoms with Crippen LogP contribution in [0.5, 0.6) is 0 Å². The zero-order valence-corrected chi connectivity index (χ0v) is 20.6. The van der Waals surface area contributed by atoms with Crippen LogP contribution in [0.2, 0.25) is 0 Å². The molecule has 0 aliphatic carbocycles. The lowest BCUT2D eigenvalue weighted by atomic mass is 10.2. The Kier molecular flexibility index (Phi) is 5.67. The average molecular weight is 496 g/mol. The number of thioether (sulfide) groups is 1. The van der Waals surface area contributed by atoms with Crippen LogP contribution in [0.3, 0.4) is 0 Å². The molecule has 0 fully saturated rings. The van der Waals surface area contributed by atoms with Crippen LogP contribution in [0.1, 0.15) is 21.8 Å². The fourth-order valence-electron chi connectivity index (χ4n) is 4.18. The number of para-hydroxylation sites is 1. The maximum atomic E-state index is 13.5. The molecule has 8 heteroatoms. The first-order valence-electron chi connectivity index (χ1n) is 11.2. The topological polar surface area (TPSA) is 65.1 Å². The van der Waals surface area contributed by atoms with Gasteiger partial charge in [-0.15, -0.1) is 21.5 Å². The lowest BCUT2D eigenvalue weighted by Gasteiger charge is -2.11. The van der Waals surface area contributed by atoms with Gasteiger partial charge in [0.25, 0.3) is 5.56 Å². The van der Waals surface area contributed by atoms with Gasteiger partial charge in [0.2, 0.25) is 5.78 Å². The van der Waals surface area contributed by atoms with Crippen LogP contribution in [0.25, 0.3) is 22.4 Å². The van der Waals surface area contributed by atoms with E-state index in [1.54, 1.807) is 27.7 Å². The van der Waals surface area contributed by atoms with E-state index >= 15 is 0 Å². The average Bonchev–Trinajstić information content (AvgIpc) is 3.50. The first kappa shape index (κ1) is 21.8. The summed E-state index contributed by atoms with van der Waals surface area (Å²) in [6.07, 6.45) is 0.831. The van der Waals surface area contributed by atoms with E-state index in [1.165, 1.54) is 5.56 Å². The number of hydrogen-bond acceptors (Lipinski definition) is 6. The van der Waals surface area contributed by atoms with Crippen molar-refractivity contribution in [3.05, 3.63) is 116 Å². The first-order chi connectivity index (χ1) is 17.2. The SMILES string of the molecule is Cc1cccc(-n2c(=O)c3ccccc3n3c(SCc4csc(Cc5ccccc5)n4)nnc23)c1. The predicted molar refractivity (Wildman–Crippen MR) is 142 cm³/mol. The zero-order valence-electron chi connectivity index (χ0n) is 19.0. The van der Waals surface area contributed by atoms with Crippen molar-refractivity contribution in [1.82, 2.24) is 24.1 Å². The molecule has 6 rings (SSSR count). The highest BCUT2D eigenvalue weighted by molar-refractivity contribution is 7.98. The summed E-state index contributed by atoms with van der Waals surface area (Å²) < 4.78 is 3.62. The van der Waals surface area contributed by atoms with Crippen LogP contribution in [0.15, 0.2) is 94.2 Å². The Labute approximate surface area is 209 Å². The minimum Gasteiger partial charge on any atom is -0.268 e. The fourth-order valence-corrected chi connectivity index (χ4v) is 5.94. The Hall–Kier alpha value is -3.75. The summed E-state index contributed by atoms with van der Waals surface area (Å²) in [6.45, 7) is 2.01. The standard InChI is InChI=1S/C27H21N5OS2/c1-18-8-7-11-21(14-18)31-25(33)22-12-5-6-13-23(22)32-26(31)29-30-27(32)35-17-20-16-34-24(28-20)15-19-9-3-2-4-10-19/h2-14,16H,15,17H2,1H3. The molecule has 0 aliphatic rings. The second-order valence-corrected chi connectivity index (χ2v) is 10.2. The molecule has 35 heavy (non-hydrogen) atoms. The summed E-state index contributed by atoms with van der Waals surface area (Å²) >= 11 is 3.25. The third kappa shape index (κ3) is 4.15. The summed E-state index contributed by atoms with van der Waals surface area (Å²) in [5.41, 5.74) is 4.81. The molecule has 0 N–H and O–H groups in total. The van der Waals surface area contributed by atoms with Gasteiger partial charge in [-0.25, -0.2) is 9.55 Å². The molecule has 0 unspecified atom stereocenters. The van der Waals surface area contributed by atoms with Crippen molar-refractivity contribution in [1.29, 1.82) is 0 Å². The number of rotatable bonds is 6. The summed E-state index contributed by atoms with van der Waals surface area (Å²) in [6, 6.07) is 25.9. The number of benzene rings is 3. The summed E-state index contributed by atoms with van der Waals surface area (Å²) in [7, 11) is 0. The highest BCUT2D eigenvalue weighted by atomic mass is 32.2. The maximum Gasteiger partial charge on any atom is 0.267 e.